The van der Waals surface area contributed by atoms with Crippen molar-refractivity contribution in [1.82, 2.24) is 13.5 Å². The van der Waals surface area contributed by atoms with Gasteiger partial charge in [-0.3, -0.25) is 4.79 Å². The summed E-state index contributed by atoms with van der Waals surface area (Å²) in [5, 5.41) is 0. The molecule has 0 N–H and O–H groups in total. The van der Waals surface area contributed by atoms with Crippen LogP contribution in [0.15, 0.2) is 24.3 Å². The van der Waals surface area contributed by atoms with Crippen LogP contribution in [0.5, 0.6) is 5.75 Å². The van der Waals surface area contributed by atoms with E-state index in [2.05, 4.69) is 0 Å². The zero-order chi connectivity index (χ0) is 21.0. The van der Waals surface area contributed by atoms with E-state index in [0.717, 1.165) is 31.2 Å². The summed E-state index contributed by atoms with van der Waals surface area (Å²) in [6, 6.07) is 7.70. The molecule has 1 heterocycles. The van der Waals surface area contributed by atoms with Gasteiger partial charge in [0.1, 0.15) is 5.75 Å². The summed E-state index contributed by atoms with van der Waals surface area (Å²) in [7, 11) is -1.79. The molecule has 1 aliphatic carbocycles. The Morgan fingerprint density at radius 3 is 2.41 bits per heavy atom. The third kappa shape index (κ3) is 5.29. The Balaban J connectivity index is 1.54. The molecule has 3 rings (SSSR count). The molecule has 1 unspecified atom stereocenters. The lowest BCUT2D eigenvalue weighted by Gasteiger charge is -2.39. The number of ether oxygens (including phenoxy) is 1. The lowest BCUT2D eigenvalue weighted by molar-refractivity contribution is -0.139. The van der Waals surface area contributed by atoms with Crippen LogP contribution in [0.4, 0.5) is 0 Å². The maximum absolute atomic E-state index is 13.0. The number of carbonyl (C=O) groups is 1. The number of piperazine rings is 1. The maximum Gasteiger partial charge on any atom is 0.282 e. The highest BCUT2D eigenvalue weighted by molar-refractivity contribution is 7.86. The van der Waals surface area contributed by atoms with Gasteiger partial charge in [-0.15, -0.1) is 0 Å². The van der Waals surface area contributed by atoms with Gasteiger partial charge in [0.2, 0.25) is 0 Å². The van der Waals surface area contributed by atoms with E-state index in [4.69, 9.17) is 4.74 Å². The Kier molecular flexibility index (Phi) is 7.19. The molecule has 1 saturated carbocycles. The Labute approximate surface area is 174 Å². The summed E-state index contributed by atoms with van der Waals surface area (Å²) in [5.74, 6) is 0.561. The van der Waals surface area contributed by atoms with Crippen LogP contribution in [0.3, 0.4) is 0 Å². The minimum Gasteiger partial charge on any atom is -0.481 e. The molecule has 0 spiro atoms. The fourth-order valence-electron chi connectivity index (χ4n) is 4.15. The van der Waals surface area contributed by atoms with Gasteiger partial charge < -0.3 is 9.64 Å². The third-order valence-electron chi connectivity index (χ3n) is 5.98. The lowest BCUT2D eigenvalue weighted by atomic mass is 9.96. The second-order valence-electron chi connectivity index (χ2n) is 8.12. The molecule has 8 heteroatoms. The van der Waals surface area contributed by atoms with Crippen molar-refractivity contribution >= 4 is 16.1 Å². The number of nitrogens with zero attached hydrogens (tertiary/aromatic N) is 3. The van der Waals surface area contributed by atoms with Crippen LogP contribution in [0.25, 0.3) is 0 Å². The van der Waals surface area contributed by atoms with Gasteiger partial charge in [-0.05, 0) is 44.4 Å². The molecular formula is C21H33N3O4S. The fourth-order valence-corrected chi connectivity index (χ4v) is 5.73. The number of hydrogen-bond donors (Lipinski definition) is 0. The molecule has 0 radical (unpaired) electrons. The number of amides is 1. The van der Waals surface area contributed by atoms with E-state index in [-0.39, 0.29) is 11.9 Å². The molecule has 1 atom stereocenters. The van der Waals surface area contributed by atoms with E-state index >= 15 is 0 Å². The number of rotatable bonds is 6. The van der Waals surface area contributed by atoms with Crippen molar-refractivity contribution in [2.24, 2.45) is 0 Å². The number of carbonyl (C=O) groups excluding carboxylic acids is 1. The topological polar surface area (TPSA) is 70.2 Å². The van der Waals surface area contributed by atoms with Crippen LogP contribution in [-0.2, 0) is 15.0 Å². The zero-order valence-corrected chi connectivity index (χ0v) is 18.5. The summed E-state index contributed by atoms with van der Waals surface area (Å²) >= 11 is 0. The number of aryl methyl sites for hydroxylation is 1. The van der Waals surface area contributed by atoms with Gasteiger partial charge in [-0.2, -0.15) is 17.0 Å². The van der Waals surface area contributed by atoms with E-state index in [9.17, 15) is 13.2 Å². The molecule has 1 saturated heterocycles. The quantitative estimate of drug-likeness (QED) is 0.705. The van der Waals surface area contributed by atoms with Gasteiger partial charge in [-0.25, -0.2) is 0 Å². The Hall–Kier alpha value is -1.64. The van der Waals surface area contributed by atoms with Crippen molar-refractivity contribution in [2.75, 3.05) is 33.2 Å². The molecule has 1 aliphatic heterocycles. The minimum absolute atomic E-state index is 0.0937. The first-order valence-electron chi connectivity index (χ1n) is 10.5. The van der Waals surface area contributed by atoms with Gasteiger partial charge >= 0.3 is 0 Å². The lowest BCUT2D eigenvalue weighted by Crippen LogP contribution is -2.56. The van der Waals surface area contributed by atoms with Gasteiger partial charge in [0, 0.05) is 39.3 Å². The van der Waals surface area contributed by atoms with E-state index in [0.29, 0.717) is 31.9 Å². The predicted octanol–water partition coefficient (Wildman–Crippen LogP) is 2.42. The number of hydrogen-bond acceptors (Lipinski definition) is 4. The second kappa shape index (κ2) is 9.45. The molecule has 0 bridgehead atoms. The summed E-state index contributed by atoms with van der Waals surface area (Å²) in [5.41, 5.74) is 1.07. The highest BCUT2D eigenvalue weighted by Gasteiger charge is 2.36. The van der Waals surface area contributed by atoms with Crippen LogP contribution >= 0.6 is 0 Å². The first-order valence-corrected chi connectivity index (χ1v) is 11.9. The summed E-state index contributed by atoms with van der Waals surface area (Å²) < 4.78 is 34.8. The molecule has 29 heavy (non-hydrogen) atoms. The van der Waals surface area contributed by atoms with Crippen LogP contribution < -0.4 is 4.74 Å². The molecule has 7 nitrogen and oxygen atoms in total. The summed E-state index contributed by atoms with van der Waals surface area (Å²) in [6.07, 6.45) is 4.62. The average molecular weight is 424 g/mol. The smallest absolute Gasteiger partial charge is 0.282 e. The second-order valence-corrected chi connectivity index (χ2v) is 10.1. The highest BCUT2D eigenvalue weighted by atomic mass is 32.2. The van der Waals surface area contributed by atoms with E-state index in [1.165, 1.54) is 10.7 Å². The van der Waals surface area contributed by atoms with Crippen molar-refractivity contribution in [3.63, 3.8) is 0 Å². The van der Waals surface area contributed by atoms with Crippen molar-refractivity contribution in [3.05, 3.63) is 29.8 Å². The maximum atomic E-state index is 13.0. The van der Waals surface area contributed by atoms with Crippen molar-refractivity contribution in [1.29, 1.82) is 0 Å². The Bertz CT molecular complexity index is 800. The normalized spacial score (nSPS) is 20.6. The Morgan fingerprint density at radius 2 is 1.79 bits per heavy atom. The monoisotopic (exact) mass is 423 g/mol. The predicted molar refractivity (Wildman–Crippen MR) is 113 cm³/mol. The largest absolute Gasteiger partial charge is 0.481 e. The molecule has 1 aromatic rings. The highest BCUT2D eigenvalue weighted by Crippen LogP contribution is 2.25. The van der Waals surface area contributed by atoms with Gasteiger partial charge in [-0.1, -0.05) is 31.4 Å². The van der Waals surface area contributed by atoms with Gasteiger partial charge in [0.25, 0.3) is 16.1 Å². The Morgan fingerprint density at radius 1 is 1.14 bits per heavy atom. The van der Waals surface area contributed by atoms with Crippen LogP contribution in [0, 0.1) is 6.92 Å². The first kappa shape index (κ1) is 22.1. The van der Waals surface area contributed by atoms with Crippen molar-refractivity contribution < 1.29 is 17.9 Å². The summed E-state index contributed by atoms with van der Waals surface area (Å²) in [6.45, 7) is 5.13. The molecule has 162 valence electrons. The SMILES string of the molecule is Cc1cccc(OC(C)C(=O)N2CCN(S(=O)(=O)N(C)C3CCCCC3)CC2)c1. The number of benzene rings is 1. The molecular weight excluding hydrogens is 390 g/mol. The van der Waals surface area contributed by atoms with Crippen LogP contribution in [0.1, 0.15) is 44.6 Å². The summed E-state index contributed by atoms with van der Waals surface area (Å²) in [4.78, 5) is 14.4. The molecule has 2 aliphatic rings. The molecule has 0 aromatic heterocycles. The average Bonchev–Trinajstić information content (AvgIpc) is 2.73. The molecule has 2 fully saturated rings. The zero-order valence-electron chi connectivity index (χ0n) is 17.7. The fraction of sp³-hybridized carbons (Fsp3) is 0.667. The molecule has 1 amide bonds. The van der Waals surface area contributed by atoms with Crippen molar-refractivity contribution in [2.45, 2.75) is 58.1 Å². The van der Waals surface area contributed by atoms with E-state index in [1.807, 2.05) is 31.2 Å². The van der Waals surface area contributed by atoms with E-state index < -0.39 is 16.3 Å². The first-order chi connectivity index (χ1) is 13.8. The third-order valence-corrected chi connectivity index (χ3v) is 8.02. The van der Waals surface area contributed by atoms with Crippen LogP contribution in [-0.4, -0.2) is 73.2 Å². The van der Waals surface area contributed by atoms with Crippen molar-refractivity contribution in [3.8, 4) is 5.75 Å². The van der Waals surface area contributed by atoms with Gasteiger partial charge in [0.05, 0.1) is 0 Å². The minimum atomic E-state index is -3.49. The van der Waals surface area contributed by atoms with E-state index in [1.54, 1.807) is 23.2 Å². The standard InChI is InChI=1S/C21H33N3O4S/c1-17-8-7-11-20(16-17)28-18(2)21(25)23-12-14-24(15-13-23)29(26,27)22(3)19-9-5-4-6-10-19/h7-8,11,16,18-19H,4-6,9-10,12-15H2,1-3H3. The van der Waals surface area contributed by atoms with Crippen LogP contribution in [0.2, 0.25) is 0 Å². The van der Waals surface area contributed by atoms with Gasteiger partial charge in [0.15, 0.2) is 6.10 Å². The molecule has 1 aromatic carbocycles.